The predicted octanol–water partition coefficient (Wildman–Crippen LogP) is 3.80. The largest absolute Gasteiger partial charge is 0.494 e. The van der Waals surface area contributed by atoms with E-state index in [0.717, 1.165) is 29.0 Å². The Kier molecular flexibility index (Phi) is 5.74. The standard InChI is InChI=1S/C21H24FN3O2/c1-4-25-18-8-6-5-7-17(18)23-20(25)14-24(2)21(26)12-10-15-9-11-19(27-3)16(22)13-15/h5-9,11,13H,4,10,12,14H2,1-3H3. The van der Waals surface area contributed by atoms with E-state index in [9.17, 15) is 9.18 Å². The van der Waals surface area contributed by atoms with Crippen molar-refractivity contribution < 1.29 is 13.9 Å². The number of aryl methyl sites for hydroxylation is 2. The molecule has 0 aliphatic rings. The predicted molar refractivity (Wildman–Crippen MR) is 103 cm³/mol. The molecule has 0 atom stereocenters. The van der Waals surface area contributed by atoms with Gasteiger partial charge in [-0.2, -0.15) is 0 Å². The summed E-state index contributed by atoms with van der Waals surface area (Å²) >= 11 is 0. The third kappa shape index (κ3) is 4.10. The molecule has 0 fully saturated rings. The summed E-state index contributed by atoms with van der Waals surface area (Å²) < 4.78 is 20.8. The Labute approximate surface area is 158 Å². The van der Waals surface area contributed by atoms with Gasteiger partial charge in [0, 0.05) is 20.0 Å². The first-order chi connectivity index (χ1) is 13.0. The molecule has 27 heavy (non-hydrogen) atoms. The van der Waals surface area contributed by atoms with Gasteiger partial charge in [-0.1, -0.05) is 18.2 Å². The zero-order chi connectivity index (χ0) is 19.4. The lowest BCUT2D eigenvalue weighted by molar-refractivity contribution is -0.130. The summed E-state index contributed by atoms with van der Waals surface area (Å²) in [6, 6.07) is 12.8. The maximum Gasteiger partial charge on any atom is 0.223 e. The van der Waals surface area contributed by atoms with Crippen molar-refractivity contribution in [2.45, 2.75) is 32.9 Å². The van der Waals surface area contributed by atoms with Gasteiger partial charge in [0.25, 0.3) is 0 Å². The second-order valence-electron chi connectivity index (χ2n) is 6.48. The Balaban J connectivity index is 1.65. The number of carbonyl (C=O) groups excluding carboxylic acids is 1. The van der Waals surface area contributed by atoms with Crippen LogP contribution in [0.3, 0.4) is 0 Å². The van der Waals surface area contributed by atoms with E-state index < -0.39 is 5.82 Å². The van der Waals surface area contributed by atoms with Crippen LogP contribution < -0.4 is 4.74 Å². The van der Waals surface area contributed by atoms with Crippen LogP contribution in [0.5, 0.6) is 5.75 Å². The quantitative estimate of drug-likeness (QED) is 0.636. The Morgan fingerprint density at radius 3 is 2.74 bits per heavy atom. The smallest absolute Gasteiger partial charge is 0.223 e. The van der Waals surface area contributed by atoms with Gasteiger partial charge in [0.2, 0.25) is 5.91 Å². The lowest BCUT2D eigenvalue weighted by Crippen LogP contribution is -2.28. The summed E-state index contributed by atoms with van der Waals surface area (Å²) in [5.74, 6) is 0.666. The number of benzene rings is 2. The van der Waals surface area contributed by atoms with Crippen molar-refractivity contribution in [3.05, 3.63) is 59.7 Å². The van der Waals surface area contributed by atoms with Crippen molar-refractivity contribution in [2.75, 3.05) is 14.2 Å². The van der Waals surface area contributed by atoms with Crippen molar-refractivity contribution in [1.82, 2.24) is 14.5 Å². The highest BCUT2D eigenvalue weighted by Gasteiger charge is 2.15. The molecule has 1 heterocycles. The van der Waals surface area contributed by atoms with Gasteiger partial charge in [-0.3, -0.25) is 4.79 Å². The summed E-state index contributed by atoms with van der Waals surface area (Å²) in [7, 11) is 3.20. The molecule has 0 saturated heterocycles. The van der Waals surface area contributed by atoms with Gasteiger partial charge in [0.05, 0.1) is 24.7 Å². The number of rotatable bonds is 7. The number of amides is 1. The maximum atomic E-state index is 13.8. The maximum absolute atomic E-state index is 13.8. The summed E-state index contributed by atoms with van der Waals surface area (Å²) in [4.78, 5) is 18.8. The number of halogens is 1. The molecule has 2 aromatic carbocycles. The topological polar surface area (TPSA) is 47.4 Å². The second kappa shape index (κ2) is 8.20. The van der Waals surface area contributed by atoms with Gasteiger partial charge in [0.15, 0.2) is 11.6 Å². The van der Waals surface area contributed by atoms with E-state index in [1.807, 2.05) is 24.3 Å². The van der Waals surface area contributed by atoms with Crippen LogP contribution in [0.15, 0.2) is 42.5 Å². The summed E-state index contributed by atoms with van der Waals surface area (Å²) in [6.07, 6.45) is 0.795. The molecule has 0 aliphatic heterocycles. The number of ether oxygens (including phenoxy) is 1. The van der Waals surface area contributed by atoms with Crippen LogP contribution in [0, 0.1) is 5.82 Å². The molecule has 0 bridgehead atoms. The molecule has 3 aromatic rings. The minimum atomic E-state index is -0.410. The highest BCUT2D eigenvalue weighted by molar-refractivity contribution is 5.77. The number of para-hydroxylation sites is 2. The average Bonchev–Trinajstić information content (AvgIpc) is 3.03. The molecule has 0 aliphatic carbocycles. The van der Waals surface area contributed by atoms with Gasteiger partial charge in [-0.15, -0.1) is 0 Å². The number of hydrogen-bond acceptors (Lipinski definition) is 3. The highest BCUT2D eigenvalue weighted by Crippen LogP contribution is 2.19. The monoisotopic (exact) mass is 369 g/mol. The fourth-order valence-electron chi connectivity index (χ4n) is 3.21. The average molecular weight is 369 g/mol. The number of methoxy groups -OCH3 is 1. The van der Waals surface area contributed by atoms with Gasteiger partial charge in [0.1, 0.15) is 5.82 Å². The molecule has 142 valence electrons. The molecule has 1 amide bonds. The Hall–Kier alpha value is -2.89. The normalized spacial score (nSPS) is 11.0. The van der Waals surface area contributed by atoms with Crippen molar-refractivity contribution in [1.29, 1.82) is 0 Å². The van der Waals surface area contributed by atoms with Crippen molar-refractivity contribution in [3.63, 3.8) is 0 Å². The molecular formula is C21H24FN3O2. The van der Waals surface area contributed by atoms with Crippen LogP contribution in [-0.2, 0) is 24.3 Å². The third-order valence-corrected chi connectivity index (χ3v) is 4.70. The molecule has 0 spiro atoms. The van der Waals surface area contributed by atoms with E-state index in [2.05, 4.69) is 16.5 Å². The molecule has 0 saturated carbocycles. The van der Waals surface area contributed by atoms with E-state index in [-0.39, 0.29) is 11.7 Å². The van der Waals surface area contributed by atoms with Crippen LogP contribution in [0.25, 0.3) is 11.0 Å². The number of nitrogens with zero attached hydrogens (tertiary/aromatic N) is 3. The summed E-state index contributed by atoms with van der Waals surface area (Å²) in [5, 5.41) is 0. The highest BCUT2D eigenvalue weighted by atomic mass is 19.1. The number of hydrogen-bond donors (Lipinski definition) is 0. The fraction of sp³-hybridized carbons (Fsp3) is 0.333. The number of carbonyl (C=O) groups is 1. The number of aromatic nitrogens is 2. The Morgan fingerprint density at radius 2 is 2.04 bits per heavy atom. The molecule has 0 N–H and O–H groups in total. The van der Waals surface area contributed by atoms with Crippen molar-refractivity contribution in [3.8, 4) is 5.75 Å². The third-order valence-electron chi connectivity index (χ3n) is 4.70. The minimum Gasteiger partial charge on any atom is -0.494 e. The van der Waals surface area contributed by atoms with Crippen LogP contribution in [0.2, 0.25) is 0 Å². The summed E-state index contributed by atoms with van der Waals surface area (Å²) in [6.45, 7) is 3.30. The first kappa shape index (κ1) is 18.9. The van der Waals surface area contributed by atoms with Gasteiger partial charge in [-0.25, -0.2) is 9.37 Å². The van der Waals surface area contributed by atoms with E-state index >= 15 is 0 Å². The van der Waals surface area contributed by atoms with E-state index in [0.29, 0.717) is 19.4 Å². The first-order valence-electron chi connectivity index (χ1n) is 9.04. The second-order valence-corrected chi connectivity index (χ2v) is 6.48. The van der Waals surface area contributed by atoms with Crippen LogP contribution in [0.4, 0.5) is 4.39 Å². The fourth-order valence-corrected chi connectivity index (χ4v) is 3.21. The van der Waals surface area contributed by atoms with Crippen LogP contribution >= 0.6 is 0 Å². The number of imidazole rings is 1. The van der Waals surface area contributed by atoms with E-state index in [1.54, 1.807) is 24.1 Å². The van der Waals surface area contributed by atoms with Gasteiger partial charge < -0.3 is 14.2 Å². The molecule has 5 nitrogen and oxygen atoms in total. The molecule has 3 rings (SSSR count). The lowest BCUT2D eigenvalue weighted by Gasteiger charge is -2.17. The van der Waals surface area contributed by atoms with E-state index in [1.165, 1.54) is 13.2 Å². The molecule has 6 heteroatoms. The zero-order valence-electron chi connectivity index (χ0n) is 15.9. The molecule has 0 unspecified atom stereocenters. The minimum absolute atomic E-state index is 0.000866. The van der Waals surface area contributed by atoms with Crippen molar-refractivity contribution >= 4 is 16.9 Å². The van der Waals surface area contributed by atoms with Gasteiger partial charge >= 0.3 is 0 Å². The molecule has 1 aromatic heterocycles. The first-order valence-corrected chi connectivity index (χ1v) is 9.04. The molecule has 0 radical (unpaired) electrons. The Bertz CT molecular complexity index is 952. The van der Waals surface area contributed by atoms with Crippen LogP contribution in [0.1, 0.15) is 24.7 Å². The van der Waals surface area contributed by atoms with Crippen LogP contribution in [-0.4, -0.2) is 34.5 Å². The Morgan fingerprint density at radius 1 is 1.26 bits per heavy atom. The lowest BCUT2D eigenvalue weighted by atomic mass is 10.1. The van der Waals surface area contributed by atoms with Crippen molar-refractivity contribution in [2.24, 2.45) is 0 Å². The van der Waals surface area contributed by atoms with E-state index in [4.69, 9.17) is 4.74 Å². The molecular weight excluding hydrogens is 345 g/mol. The zero-order valence-corrected chi connectivity index (χ0v) is 15.9. The summed E-state index contributed by atoms with van der Waals surface area (Å²) in [5.41, 5.74) is 2.78. The number of fused-ring (bicyclic) bond motifs is 1. The SMILES string of the molecule is CCn1c(CN(C)C(=O)CCc2ccc(OC)c(F)c2)nc2ccccc21. The van der Waals surface area contributed by atoms with Gasteiger partial charge in [-0.05, 0) is 43.2 Å².